The highest BCUT2D eigenvalue weighted by atomic mass is 35.5. The van der Waals surface area contributed by atoms with E-state index in [-0.39, 0.29) is 17.6 Å². The second-order valence-corrected chi connectivity index (χ2v) is 5.39. The fourth-order valence-corrected chi connectivity index (χ4v) is 2.45. The number of halogens is 2. The molecule has 20 heavy (non-hydrogen) atoms. The Morgan fingerprint density at radius 3 is 2.50 bits per heavy atom. The monoisotopic (exact) mass is 293 g/mol. The van der Waals surface area contributed by atoms with Crippen LogP contribution in [0.1, 0.15) is 29.7 Å². The van der Waals surface area contributed by atoms with Crippen molar-refractivity contribution in [1.29, 1.82) is 0 Å². The summed E-state index contributed by atoms with van der Waals surface area (Å²) in [4.78, 5) is 0. The van der Waals surface area contributed by atoms with Gasteiger partial charge in [0, 0.05) is 10.7 Å². The van der Waals surface area contributed by atoms with Gasteiger partial charge in [0.2, 0.25) is 0 Å². The van der Waals surface area contributed by atoms with Crippen LogP contribution in [0.15, 0.2) is 30.3 Å². The molecule has 0 aliphatic heterocycles. The summed E-state index contributed by atoms with van der Waals surface area (Å²) in [5.41, 5.74) is 3.50. The van der Waals surface area contributed by atoms with E-state index in [0.29, 0.717) is 5.02 Å². The lowest BCUT2D eigenvalue weighted by molar-refractivity contribution is 0.470. The van der Waals surface area contributed by atoms with Crippen molar-refractivity contribution in [2.24, 2.45) is 0 Å². The van der Waals surface area contributed by atoms with E-state index < -0.39 is 0 Å². The van der Waals surface area contributed by atoms with Gasteiger partial charge < -0.3 is 10.4 Å². The van der Waals surface area contributed by atoms with Gasteiger partial charge in [0.25, 0.3) is 0 Å². The highest BCUT2D eigenvalue weighted by Gasteiger charge is 2.12. The highest BCUT2D eigenvalue weighted by Crippen LogP contribution is 2.30. The Labute approximate surface area is 123 Å². The zero-order valence-corrected chi connectivity index (χ0v) is 12.4. The SMILES string of the molecule is Cc1cc(NC(C)c2ccc(F)cc2Cl)c(C)cc1O. The molecule has 0 amide bonds. The molecule has 0 spiro atoms. The van der Waals surface area contributed by atoms with Gasteiger partial charge in [-0.1, -0.05) is 17.7 Å². The zero-order valence-electron chi connectivity index (χ0n) is 11.7. The van der Waals surface area contributed by atoms with Crippen LogP contribution >= 0.6 is 11.6 Å². The van der Waals surface area contributed by atoms with Gasteiger partial charge >= 0.3 is 0 Å². The minimum absolute atomic E-state index is 0.0641. The molecule has 0 heterocycles. The maximum absolute atomic E-state index is 13.1. The molecule has 0 radical (unpaired) electrons. The molecule has 2 nitrogen and oxygen atoms in total. The topological polar surface area (TPSA) is 32.3 Å². The summed E-state index contributed by atoms with van der Waals surface area (Å²) in [5.74, 6) is -0.0665. The van der Waals surface area contributed by atoms with E-state index in [4.69, 9.17) is 11.6 Å². The molecule has 0 bridgehead atoms. The van der Waals surface area contributed by atoms with Gasteiger partial charge in [-0.3, -0.25) is 0 Å². The van der Waals surface area contributed by atoms with Crippen LogP contribution in [0, 0.1) is 19.7 Å². The number of benzene rings is 2. The third-order valence-electron chi connectivity index (χ3n) is 3.34. The van der Waals surface area contributed by atoms with Crippen molar-refractivity contribution in [1.82, 2.24) is 0 Å². The molecule has 2 aromatic carbocycles. The van der Waals surface area contributed by atoms with Gasteiger partial charge in [0.15, 0.2) is 0 Å². The molecule has 0 aliphatic rings. The first kappa shape index (κ1) is 14.7. The second kappa shape index (κ2) is 5.71. The third-order valence-corrected chi connectivity index (χ3v) is 3.67. The average molecular weight is 294 g/mol. The van der Waals surface area contributed by atoms with E-state index >= 15 is 0 Å². The first-order valence-corrected chi connectivity index (χ1v) is 6.78. The number of anilines is 1. The minimum atomic E-state index is -0.345. The Hall–Kier alpha value is -1.74. The smallest absolute Gasteiger partial charge is 0.124 e. The minimum Gasteiger partial charge on any atom is -0.508 e. The molecule has 0 saturated carbocycles. The van der Waals surface area contributed by atoms with Crippen LogP contribution in [0.25, 0.3) is 0 Å². The van der Waals surface area contributed by atoms with Crippen LogP contribution in [-0.2, 0) is 0 Å². The van der Waals surface area contributed by atoms with Crippen LogP contribution < -0.4 is 5.32 Å². The molecule has 2 N–H and O–H groups in total. The maximum Gasteiger partial charge on any atom is 0.124 e. The molecule has 0 saturated heterocycles. The molecule has 4 heteroatoms. The molecule has 1 atom stereocenters. The molecule has 0 aromatic heterocycles. The lowest BCUT2D eigenvalue weighted by Gasteiger charge is -2.19. The van der Waals surface area contributed by atoms with E-state index in [1.54, 1.807) is 12.1 Å². The summed E-state index contributed by atoms with van der Waals surface area (Å²) >= 11 is 6.07. The molecule has 2 aromatic rings. The molecule has 0 aliphatic carbocycles. The summed E-state index contributed by atoms with van der Waals surface area (Å²) in [6.45, 7) is 5.72. The largest absolute Gasteiger partial charge is 0.508 e. The van der Waals surface area contributed by atoms with Crippen molar-refractivity contribution in [3.8, 4) is 5.75 Å². The first-order chi connectivity index (χ1) is 9.38. The van der Waals surface area contributed by atoms with E-state index in [1.165, 1.54) is 12.1 Å². The predicted octanol–water partition coefficient (Wildman–Crippen LogP) is 4.97. The molecule has 0 fully saturated rings. The van der Waals surface area contributed by atoms with Crippen LogP contribution in [0.2, 0.25) is 5.02 Å². The molecule has 1 unspecified atom stereocenters. The third kappa shape index (κ3) is 3.05. The lowest BCUT2D eigenvalue weighted by atomic mass is 10.1. The number of phenolic OH excluding ortho intramolecular Hbond substituents is 1. The summed E-state index contributed by atoms with van der Waals surface area (Å²) < 4.78 is 13.1. The molecule has 106 valence electrons. The Morgan fingerprint density at radius 2 is 1.85 bits per heavy atom. The van der Waals surface area contributed by atoms with Crippen molar-refractivity contribution in [3.63, 3.8) is 0 Å². The van der Waals surface area contributed by atoms with Gasteiger partial charge in [0.1, 0.15) is 11.6 Å². The number of aryl methyl sites for hydroxylation is 2. The summed E-state index contributed by atoms with van der Waals surface area (Å²) in [6.07, 6.45) is 0. The van der Waals surface area contributed by atoms with Crippen molar-refractivity contribution >= 4 is 17.3 Å². The molecular formula is C16H17ClFNO. The Balaban J connectivity index is 2.27. The van der Waals surface area contributed by atoms with E-state index in [9.17, 15) is 9.50 Å². The Morgan fingerprint density at radius 1 is 1.15 bits per heavy atom. The standard InChI is InChI=1S/C16H17ClFNO/c1-9-7-16(20)10(2)6-15(9)19-11(3)13-5-4-12(18)8-14(13)17/h4-8,11,19-20H,1-3H3. The second-order valence-electron chi connectivity index (χ2n) is 4.99. The average Bonchev–Trinajstić information content (AvgIpc) is 2.35. The van der Waals surface area contributed by atoms with Crippen LogP contribution in [0.4, 0.5) is 10.1 Å². The zero-order chi connectivity index (χ0) is 14.9. The quantitative estimate of drug-likeness (QED) is 0.783. The van der Waals surface area contributed by atoms with Crippen LogP contribution in [0.5, 0.6) is 5.75 Å². The van der Waals surface area contributed by atoms with E-state index in [0.717, 1.165) is 22.4 Å². The van der Waals surface area contributed by atoms with Crippen molar-refractivity contribution < 1.29 is 9.50 Å². The molecular weight excluding hydrogens is 277 g/mol. The van der Waals surface area contributed by atoms with Gasteiger partial charge in [0.05, 0.1) is 6.04 Å². The fraction of sp³-hybridized carbons (Fsp3) is 0.250. The molecule has 2 rings (SSSR count). The Bertz CT molecular complexity index is 643. The number of aromatic hydroxyl groups is 1. The maximum atomic E-state index is 13.1. The van der Waals surface area contributed by atoms with Crippen molar-refractivity contribution in [3.05, 3.63) is 57.9 Å². The lowest BCUT2D eigenvalue weighted by Crippen LogP contribution is -2.08. The van der Waals surface area contributed by atoms with E-state index in [1.807, 2.05) is 26.8 Å². The number of rotatable bonds is 3. The van der Waals surface area contributed by atoms with Gasteiger partial charge in [-0.15, -0.1) is 0 Å². The van der Waals surface area contributed by atoms with Gasteiger partial charge in [-0.2, -0.15) is 0 Å². The van der Waals surface area contributed by atoms with Gasteiger partial charge in [-0.25, -0.2) is 4.39 Å². The first-order valence-electron chi connectivity index (χ1n) is 6.40. The number of nitrogens with one attached hydrogen (secondary N) is 1. The fourth-order valence-electron chi connectivity index (χ4n) is 2.12. The number of hydrogen-bond acceptors (Lipinski definition) is 2. The van der Waals surface area contributed by atoms with Crippen LogP contribution in [0.3, 0.4) is 0 Å². The van der Waals surface area contributed by atoms with E-state index in [2.05, 4.69) is 5.32 Å². The summed E-state index contributed by atoms with van der Waals surface area (Å²) in [6, 6.07) is 7.93. The van der Waals surface area contributed by atoms with Crippen molar-refractivity contribution in [2.75, 3.05) is 5.32 Å². The summed E-state index contributed by atoms with van der Waals surface area (Å²) in [5, 5.41) is 13.4. The number of phenols is 1. The predicted molar refractivity (Wildman–Crippen MR) is 81.0 cm³/mol. The number of hydrogen-bond donors (Lipinski definition) is 2. The van der Waals surface area contributed by atoms with Crippen molar-refractivity contribution in [2.45, 2.75) is 26.8 Å². The Kier molecular flexibility index (Phi) is 4.19. The van der Waals surface area contributed by atoms with Gasteiger partial charge in [-0.05, 0) is 61.7 Å². The summed E-state index contributed by atoms with van der Waals surface area (Å²) in [7, 11) is 0. The normalized spacial score (nSPS) is 12.2. The highest BCUT2D eigenvalue weighted by molar-refractivity contribution is 6.31. The van der Waals surface area contributed by atoms with Crippen LogP contribution in [-0.4, -0.2) is 5.11 Å².